The number of carbonyl (C=O) groups is 1. The number of hydrogen-bond acceptors (Lipinski definition) is 4. The zero-order valence-electron chi connectivity index (χ0n) is 15.8. The Morgan fingerprint density at radius 1 is 1.19 bits per heavy atom. The molecule has 2 heterocycles. The molecule has 0 N–H and O–H groups in total. The van der Waals surface area contributed by atoms with Gasteiger partial charge < -0.3 is 14.4 Å². The van der Waals surface area contributed by atoms with Crippen LogP contribution in [0.4, 0.5) is 0 Å². The van der Waals surface area contributed by atoms with Gasteiger partial charge in [0, 0.05) is 19.6 Å². The van der Waals surface area contributed by atoms with E-state index in [4.69, 9.17) is 9.47 Å². The average molecular weight is 357 g/mol. The molecule has 0 fully saturated rings. The summed E-state index contributed by atoms with van der Waals surface area (Å²) in [5.41, 5.74) is 2.56. The molecule has 0 aliphatic carbocycles. The second-order valence-electron chi connectivity index (χ2n) is 6.54. The minimum absolute atomic E-state index is 0.0239. The van der Waals surface area contributed by atoms with Gasteiger partial charge in [0.1, 0.15) is 18.9 Å². The molecule has 0 saturated carbocycles. The van der Waals surface area contributed by atoms with Crippen LogP contribution in [0.1, 0.15) is 48.4 Å². The molecule has 0 bridgehead atoms. The fourth-order valence-corrected chi connectivity index (χ4v) is 3.13. The number of fused-ring (bicyclic) bond motifs is 1. The molecule has 2 aromatic rings. The van der Waals surface area contributed by atoms with Crippen molar-refractivity contribution in [3.05, 3.63) is 41.2 Å². The maximum Gasteiger partial charge on any atom is 0.272 e. The van der Waals surface area contributed by atoms with E-state index in [2.05, 4.69) is 12.0 Å². The van der Waals surface area contributed by atoms with Gasteiger partial charge in [0.2, 0.25) is 0 Å². The van der Waals surface area contributed by atoms with Crippen molar-refractivity contribution in [2.24, 2.45) is 0 Å². The third-order valence-electron chi connectivity index (χ3n) is 4.47. The second kappa shape index (κ2) is 8.25. The molecule has 0 spiro atoms. The third-order valence-corrected chi connectivity index (χ3v) is 4.47. The number of aryl methyl sites for hydroxylation is 2. The zero-order valence-corrected chi connectivity index (χ0v) is 15.8. The number of carbonyl (C=O) groups excluding carboxylic acids is 1. The van der Waals surface area contributed by atoms with Crippen molar-refractivity contribution in [1.29, 1.82) is 0 Å². The van der Waals surface area contributed by atoms with Crippen LogP contribution < -0.4 is 9.47 Å². The molecule has 1 amide bonds. The lowest BCUT2D eigenvalue weighted by Crippen LogP contribution is -2.33. The Kier molecular flexibility index (Phi) is 5.81. The number of ether oxygens (including phenoxy) is 2. The molecule has 6 heteroatoms. The van der Waals surface area contributed by atoms with Gasteiger partial charge in [-0.15, -0.1) is 0 Å². The zero-order chi connectivity index (χ0) is 18.5. The van der Waals surface area contributed by atoms with E-state index < -0.39 is 0 Å². The van der Waals surface area contributed by atoms with E-state index in [9.17, 15) is 4.79 Å². The summed E-state index contributed by atoms with van der Waals surface area (Å²) in [5, 5.41) is 4.41. The van der Waals surface area contributed by atoms with E-state index in [1.807, 2.05) is 43.0 Å². The van der Waals surface area contributed by atoms with E-state index in [0.29, 0.717) is 32.0 Å². The highest BCUT2D eigenvalue weighted by molar-refractivity contribution is 5.92. The van der Waals surface area contributed by atoms with Crippen molar-refractivity contribution in [3.63, 3.8) is 0 Å². The number of hydrogen-bond donors (Lipinski definition) is 0. The SMILES string of the molecule is CCCCN(Cc1ccc2c(c1)OCCO2)C(=O)c1cc(C)nn1CC. The van der Waals surface area contributed by atoms with Crippen molar-refractivity contribution in [3.8, 4) is 11.5 Å². The van der Waals surface area contributed by atoms with Crippen molar-refractivity contribution < 1.29 is 14.3 Å². The average Bonchev–Trinajstić information content (AvgIpc) is 3.05. The largest absolute Gasteiger partial charge is 0.486 e. The first-order valence-corrected chi connectivity index (χ1v) is 9.34. The Labute approximate surface area is 154 Å². The summed E-state index contributed by atoms with van der Waals surface area (Å²) < 4.78 is 13.0. The predicted molar refractivity (Wildman–Crippen MR) is 99.7 cm³/mol. The highest BCUT2D eigenvalue weighted by Gasteiger charge is 2.21. The van der Waals surface area contributed by atoms with Crippen molar-refractivity contribution >= 4 is 5.91 Å². The number of unbranched alkanes of at least 4 members (excludes halogenated alkanes) is 1. The van der Waals surface area contributed by atoms with Gasteiger partial charge in [-0.25, -0.2) is 0 Å². The molecule has 3 rings (SSSR count). The summed E-state index contributed by atoms with van der Waals surface area (Å²) in [6, 6.07) is 7.77. The minimum Gasteiger partial charge on any atom is -0.486 e. The minimum atomic E-state index is 0.0239. The monoisotopic (exact) mass is 357 g/mol. The van der Waals surface area contributed by atoms with Crippen LogP contribution in [0, 0.1) is 6.92 Å². The van der Waals surface area contributed by atoms with Crippen LogP contribution in [0.3, 0.4) is 0 Å². The van der Waals surface area contributed by atoms with Crippen molar-refractivity contribution in [2.75, 3.05) is 19.8 Å². The van der Waals surface area contributed by atoms with E-state index in [0.717, 1.165) is 42.1 Å². The lowest BCUT2D eigenvalue weighted by Gasteiger charge is -2.24. The topological polar surface area (TPSA) is 56.6 Å². The Hall–Kier alpha value is -2.50. The third kappa shape index (κ3) is 4.00. The van der Waals surface area contributed by atoms with E-state index in [-0.39, 0.29) is 5.91 Å². The van der Waals surface area contributed by atoms with E-state index in [1.165, 1.54) is 0 Å². The van der Waals surface area contributed by atoms with Crippen LogP contribution >= 0.6 is 0 Å². The fraction of sp³-hybridized carbons (Fsp3) is 0.500. The quantitative estimate of drug-likeness (QED) is 0.762. The fourth-order valence-electron chi connectivity index (χ4n) is 3.13. The molecule has 26 heavy (non-hydrogen) atoms. The van der Waals surface area contributed by atoms with Crippen molar-refractivity contribution in [1.82, 2.24) is 14.7 Å². The van der Waals surface area contributed by atoms with Gasteiger partial charge in [0.15, 0.2) is 11.5 Å². The summed E-state index contributed by atoms with van der Waals surface area (Å²) in [6.07, 6.45) is 2.01. The van der Waals surface area contributed by atoms with Crippen LogP contribution in [-0.4, -0.2) is 40.3 Å². The standard InChI is InChI=1S/C20H27N3O3/c1-4-6-9-22(20(24)17-12-15(3)21-23(17)5-2)14-16-7-8-18-19(13-16)26-11-10-25-18/h7-8,12-13H,4-6,9-11,14H2,1-3H3. The summed E-state index contributed by atoms with van der Waals surface area (Å²) in [4.78, 5) is 15.0. The first-order valence-electron chi connectivity index (χ1n) is 9.34. The summed E-state index contributed by atoms with van der Waals surface area (Å²) in [5.74, 6) is 1.55. The number of nitrogens with zero attached hydrogens (tertiary/aromatic N) is 3. The summed E-state index contributed by atoms with van der Waals surface area (Å²) in [6.45, 7) is 9.13. The highest BCUT2D eigenvalue weighted by Crippen LogP contribution is 2.31. The summed E-state index contributed by atoms with van der Waals surface area (Å²) in [7, 11) is 0. The van der Waals surface area contributed by atoms with Gasteiger partial charge >= 0.3 is 0 Å². The molecule has 6 nitrogen and oxygen atoms in total. The normalized spacial score (nSPS) is 12.9. The van der Waals surface area contributed by atoms with Crippen LogP contribution in [-0.2, 0) is 13.1 Å². The van der Waals surface area contributed by atoms with E-state index in [1.54, 1.807) is 4.68 Å². The number of rotatable bonds is 7. The van der Waals surface area contributed by atoms with Gasteiger partial charge in [-0.3, -0.25) is 9.48 Å². The van der Waals surface area contributed by atoms with Crippen LogP contribution in [0.5, 0.6) is 11.5 Å². The predicted octanol–water partition coefficient (Wildman–Crippen LogP) is 3.43. The lowest BCUT2D eigenvalue weighted by molar-refractivity contribution is 0.0728. The molecule has 1 aromatic heterocycles. The van der Waals surface area contributed by atoms with Gasteiger partial charge in [-0.05, 0) is 44.0 Å². The molecule has 1 aliphatic heterocycles. The van der Waals surface area contributed by atoms with E-state index >= 15 is 0 Å². The summed E-state index contributed by atoms with van der Waals surface area (Å²) >= 11 is 0. The first kappa shape index (κ1) is 18.3. The molecule has 0 saturated heterocycles. The Morgan fingerprint density at radius 2 is 1.96 bits per heavy atom. The molecule has 0 radical (unpaired) electrons. The number of benzene rings is 1. The maximum atomic E-state index is 13.1. The smallest absolute Gasteiger partial charge is 0.272 e. The lowest BCUT2D eigenvalue weighted by atomic mass is 10.1. The van der Waals surface area contributed by atoms with Crippen LogP contribution in [0.2, 0.25) is 0 Å². The van der Waals surface area contributed by atoms with Gasteiger partial charge in [-0.1, -0.05) is 19.4 Å². The molecule has 0 unspecified atom stereocenters. The number of amides is 1. The Bertz CT molecular complexity index is 770. The molecule has 1 aromatic carbocycles. The molecular formula is C20H27N3O3. The molecule has 140 valence electrons. The van der Waals surface area contributed by atoms with Crippen LogP contribution in [0.25, 0.3) is 0 Å². The van der Waals surface area contributed by atoms with Gasteiger partial charge in [0.05, 0.1) is 5.69 Å². The van der Waals surface area contributed by atoms with Gasteiger partial charge in [-0.2, -0.15) is 5.10 Å². The van der Waals surface area contributed by atoms with Crippen molar-refractivity contribution in [2.45, 2.75) is 46.7 Å². The molecule has 1 aliphatic rings. The maximum absolute atomic E-state index is 13.1. The second-order valence-corrected chi connectivity index (χ2v) is 6.54. The van der Waals surface area contributed by atoms with Crippen LogP contribution in [0.15, 0.2) is 24.3 Å². The Morgan fingerprint density at radius 3 is 2.69 bits per heavy atom. The Balaban J connectivity index is 1.82. The highest BCUT2D eigenvalue weighted by atomic mass is 16.6. The molecule has 0 atom stereocenters. The number of aromatic nitrogens is 2. The van der Waals surface area contributed by atoms with Gasteiger partial charge in [0.25, 0.3) is 5.91 Å². The molecular weight excluding hydrogens is 330 g/mol. The first-order chi connectivity index (χ1) is 12.6.